The van der Waals surface area contributed by atoms with Crippen LogP contribution in [0.15, 0.2) is 48.5 Å². The molecular formula is C21H21FN2O2S. The number of hydrogen-bond donors (Lipinski definition) is 1. The maximum absolute atomic E-state index is 13.1. The van der Waals surface area contributed by atoms with E-state index in [0.29, 0.717) is 22.3 Å². The minimum atomic E-state index is -0.346. The van der Waals surface area contributed by atoms with Crippen LogP contribution < -0.4 is 5.32 Å². The van der Waals surface area contributed by atoms with Crippen LogP contribution in [0, 0.1) is 5.82 Å². The quantitative estimate of drug-likeness (QED) is 0.585. The van der Waals surface area contributed by atoms with Crippen molar-refractivity contribution in [3.63, 3.8) is 0 Å². The van der Waals surface area contributed by atoms with Gasteiger partial charge in [-0.2, -0.15) is 0 Å². The van der Waals surface area contributed by atoms with Crippen molar-refractivity contribution in [2.75, 3.05) is 19.0 Å². The van der Waals surface area contributed by atoms with Crippen LogP contribution in [0.3, 0.4) is 0 Å². The molecule has 0 saturated heterocycles. The second-order valence-electron chi connectivity index (χ2n) is 6.05. The molecule has 27 heavy (non-hydrogen) atoms. The Hall–Kier alpha value is -2.73. The minimum absolute atomic E-state index is 0.0648. The number of rotatable bonds is 6. The van der Waals surface area contributed by atoms with E-state index < -0.39 is 0 Å². The van der Waals surface area contributed by atoms with Crippen molar-refractivity contribution >= 4 is 22.4 Å². The van der Waals surface area contributed by atoms with Crippen molar-refractivity contribution in [3.05, 3.63) is 70.5 Å². The molecule has 0 radical (unpaired) electrons. The Bertz CT molecular complexity index is 920. The van der Waals surface area contributed by atoms with Crippen molar-refractivity contribution in [1.82, 2.24) is 4.98 Å². The molecule has 6 heteroatoms. The second kappa shape index (κ2) is 8.31. The number of anilines is 1. The summed E-state index contributed by atoms with van der Waals surface area (Å²) in [7, 11) is 1.78. The summed E-state index contributed by atoms with van der Waals surface area (Å²) in [4.78, 5) is 17.4. The third kappa shape index (κ3) is 4.17. The molecule has 1 aromatic heterocycles. The number of benzene rings is 2. The lowest BCUT2D eigenvalue weighted by Crippen LogP contribution is -2.08. The van der Waals surface area contributed by atoms with Crippen LogP contribution in [0.1, 0.15) is 40.7 Å². The third-order valence-electron chi connectivity index (χ3n) is 4.33. The van der Waals surface area contributed by atoms with Crippen molar-refractivity contribution < 1.29 is 13.9 Å². The van der Waals surface area contributed by atoms with E-state index in [1.807, 2.05) is 31.2 Å². The number of nitrogens with zero attached hydrogens (tertiary/aromatic N) is 1. The number of aromatic nitrogens is 1. The van der Waals surface area contributed by atoms with E-state index in [2.05, 4.69) is 10.3 Å². The van der Waals surface area contributed by atoms with Gasteiger partial charge < -0.3 is 10.1 Å². The predicted molar refractivity (Wildman–Crippen MR) is 107 cm³/mol. The number of carbonyl (C=O) groups is 1. The fourth-order valence-corrected chi connectivity index (χ4v) is 3.75. The molecule has 0 aliphatic carbocycles. The molecule has 0 aliphatic heterocycles. The van der Waals surface area contributed by atoms with Gasteiger partial charge >= 0.3 is 5.97 Å². The van der Waals surface area contributed by atoms with Crippen LogP contribution in [0.2, 0.25) is 0 Å². The van der Waals surface area contributed by atoms with Gasteiger partial charge in [0.05, 0.1) is 12.3 Å². The Morgan fingerprint density at radius 1 is 1.15 bits per heavy atom. The van der Waals surface area contributed by atoms with Crippen LogP contribution in [0.25, 0.3) is 11.1 Å². The predicted octanol–water partition coefficient (Wildman–Crippen LogP) is 5.32. The maximum atomic E-state index is 13.1. The summed E-state index contributed by atoms with van der Waals surface area (Å²) in [6.45, 7) is 4.13. The van der Waals surface area contributed by atoms with Crippen LogP contribution in [-0.4, -0.2) is 24.6 Å². The molecule has 0 fully saturated rings. The van der Waals surface area contributed by atoms with Gasteiger partial charge in [0.1, 0.15) is 10.7 Å². The fourth-order valence-electron chi connectivity index (χ4n) is 2.84. The van der Waals surface area contributed by atoms with Crippen molar-refractivity contribution in [3.8, 4) is 11.1 Å². The van der Waals surface area contributed by atoms with Crippen LogP contribution in [0.4, 0.5) is 9.52 Å². The average molecular weight is 384 g/mol. The van der Waals surface area contributed by atoms with Gasteiger partial charge in [-0.15, -0.1) is 0 Å². The van der Waals surface area contributed by atoms with Gasteiger partial charge in [0.25, 0.3) is 0 Å². The maximum Gasteiger partial charge on any atom is 0.350 e. The number of halogens is 1. The van der Waals surface area contributed by atoms with Gasteiger partial charge in [0.2, 0.25) is 0 Å². The van der Waals surface area contributed by atoms with Gasteiger partial charge in [-0.05, 0) is 35.7 Å². The SMILES string of the molecule is CCOC(=O)c1sc(NC)nc1C(C)c1ccc(-c2ccc(F)cc2)cc1. The molecule has 1 heterocycles. The third-order valence-corrected chi connectivity index (χ3v) is 5.40. The Morgan fingerprint density at radius 3 is 2.30 bits per heavy atom. The minimum Gasteiger partial charge on any atom is -0.462 e. The first kappa shape index (κ1) is 19.0. The Labute approximate surface area is 162 Å². The molecule has 0 aliphatic rings. The smallest absolute Gasteiger partial charge is 0.350 e. The summed E-state index contributed by atoms with van der Waals surface area (Å²) in [5.41, 5.74) is 3.70. The molecule has 1 N–H and O–H groups in total. The van der Waals surface area contributed by atoms with Gasteiger partial charge in [0.15, 0.2) is 5.13 Å². The fraction of sp³-hybridized carbons (Fsp3) is 0.238. The zero-order valence-electron chi connectivity index (χ0n) is 15.5. The molecule has 3 rings (SSSR count). The average Bonchev–Trinajstić information content (AvgIpc) is 3.13. The number of ether oxygens (including phenoxy) is 1. The first-order valence-electron chi connectivity index (χ1n) is 8.75. The lowest BCUT2D eigenvalue weighted by atomic mass is 9.94. The summed E-state index contributed by atoms with van der Waals surface area (Å²) in [6, 6.07) is 14.4. The highest BCUT2D eigenvalue weighted by atomic mass is 32.1. The van der Waals surface area contributed by atoms with Crippen LogP contribution >= 0.6 is 11.3 Å². The summed E-state index contributed by atoms with van der Waals surface area (Å²) < 4.78 is 18.3. The van der Waals surface area contributed by atoms with Crippen molar-refractivity contribution in [1.29, 1.82) is 0 Å². The summed E-state index contributed by atoms with van der Waals surface area (Å²) in [5, 5.41) is 3.68. The van der Waals surface area contributed by atoms with E-state index >= 15 is 0 Å². The number of carbonyl (C=O) groups excluding carboxylic acids is 1. The van der Waals surface area contributed by atoms with Crippen LogP contribution in [-0.2, 0) is 4.74 Å². The van der Waals surface area contributed by atoms with Gasteiger partial charge in [0, 0.05) is 13.0 Å². The Kier molecular flexibility index (Phi) is 5.86. The van der Waals surface area contributed by atoms with E-state index in [-0.39, 0.29) is 17.7 Å². The lowest BCUT2D eigenvalue weighted by molar-refractivity contribution is 0.0530. The zero-order valence-corrected chi connectivity index (χ0v) is 16.3. The normalized spacial score (nSPS) is 11.9. The summed E-state index contributed by atoms with van der Waals surface area (Å²) >= 11 is 1.30. The number of hydrogen-bond acceptors (Lipinski definition) is 5. The largest absolute Gasteiger partial charge is 0.462 e. The molecule has 2 aromatic carbocycles. The van der Waals surface area contributed by atoms with E-state index in [1.165, 1.54) is 23.5 Å². The molecule has 0 amide bonds. The second-order valence-corrected chi connectivity index (χ2v) is 7.05. The molecule has 3 aromatic rings. The van der Waals surface area contributed by atoms with E-state index in [4.69, 9.17) is 4.74 Å². The van der Waals surface area contributed by atoms with Crippen LogP contribution in [0.5, 0.6) is 0 Å². The molecule has 1 atom stereocenters. The Morgan fingerprint density at radius 2 is 1.74 bits per heavy atom. The lowest BCUT2D eigenvalue weighted by Gasteiger charge is -2.12. The molecule has 1 unspecified atom stereocenters. The van der Waals surface area contributed by atoms with E-state index in [1.54, 1.807) is 26.1 Å². The highest BCUT2D eigenvalue weighted by molar-refractivity contribution is 7.17. The number of esters is 1. The first-order valence-corrected chi connectivity index (χ1v) is 9.56. The Balaban J connectivity index is 1.89. The molecule has 4 nitrogen and oxygen atoms in total. The van der Waals surface area contributed by atoms with Gasteiger partial charge in [-0.3, -0.25) is 0 Å². The van der Waals surface area contributed by atoms with Gasteiger partial charge in [-0.25, -0.2) is 14.2 Å². The standard InChI is InChI=1S/C21H21FN2O2S/c1-4-26-20(25)19-18(24-21(23-3)27-19)13(2)14-5-7-15(8-6-14)16-9-11-17(22)12-10-16/h5-13H,4H2,1-3H3,(H,23,24). The molecule has 0 spiro atoms. The molecule has 0 saturated carbocycles. The first-order chi connectivity index (χ1) is 13.0. The topological polar surface area (TPSA) is 51.2 Å². The zero-order chi connectivity index (χ0) is 19.4. The van der Waals surface area contributed by atoms with E-state index in [0.717, 1.165) is 16.7 Å². The number of thiazole rings is 1. The monoisotopic (exact) mass is 384 g/mol. The number of nitrogens with one attached hydrogen (secondary N) is 1. The summed E-state index contributed by atoms with van der Waals surface area (Å²) in [6.07, 6.45) is 0. The molecule has 140 valence electrons. The van der Waals surface area contributed by atoms with Crippen molar-refractivity contribution in [2.45, 2.75) is 19.8 Å². The highest BCUT2D eigenvalue weighted by Crippen LogP contribution is 2.33. The summed E-state index contributed by atoms with van der Waals surface area (Å²) in [5.74, 6) is -0.661. The highest BCUT2D eigenvalue weighted by Gasteiger charge is 2.24. The molecular weight excluding hydrogens is 363 g/mol. The van der Waals surface area contributed by atoms with Crippen molar-refractivity contribution in [2.24, 2.45) is 0 Å². The van der Waals surface area contributed by atoms with E-state index in [9.17, 15) is 9.18 Å². The molecule has 0 bridgehead atoms. The van der Waals surface area contributed by atoms with Gasteiger partial charge in [-0.1, -0.05) is 54.7 Å².